The van der Waals surface area contributed by atoms with Gasteiger partial charge in [-0.3, -0.25) is 14.5 Å². The van der Waals surface area contributed by atoms with Crippen molar-refractivity contribution in [3.63, 3.8) is 0 Å². The maximum absolute atomic E-state index is 12.4. The minimum Gasteiger partial charge on any atom is -0.490 e. The van der Waals surface area contributed by atoms with Crippen molar-refractivity contribution in [3.05, 3.63) is 56.9 Å². The molecular formula is C22H20Cl2N2O4S2. The lowest BCUT2D eigenvalue weighted by Gasteiger charge is -2.13. The number of nitrogens with zero attached hydrogens (tertiary/aromatic N) is 1. The van der Waals surface area contributed by atoms with Crippen LogP contribution in [0.2, 0.25) is 10.0 Å². The molecule has 0 radical (unpaired) electrons. The molecule has 1 saturated heterocycles. The Hall–Kier alpha value is -2.26. The van der Waals surface area contributed by atoms with Crippen molar-refractivity contribution in [2.45, 2.75) is 13.8 Å². The second kappa shape index (κ2) is 11.0. The van der Waals surface area contributed by atoms with Crippen LogP contribution in [0.3, 0.4) is 0 Å². The molecule has 1 aliphatic rings. The molecule has 0 atom stereocenters. The summed E-state index contributed by atoms with van der Waals surface area (Å²) in [4.78, 5) is 26.8. The van der Waals surface area contributed by atoms with Crippen molar-refractivity contribution in [2.75, 3.05) is 25.1 Å². The van der Waals surface area contributed by atoms with Gasteiger partial charge in [-0.25, -0.2) is 0 Å². The Kier molecular flexibility index (Phi) is 8.42. The van der Waals surface area contributed by atoms with Gasteiger partial charge in [0.25, 0.3) is 11.8 Å². The molecule has 2 aromatic carbocycles. The van der Waals surface area contributed by atoms with Crippen LogP contribution in [0.15, 0.2) is 41.3 Å². The predicted octanol–water partition coefficient (Wildman–Crippen LogP) is 5.63. The molecule has 0 unspecified atom stereocenters. The number of rotatable bonds is 8. The lowest BCUT2D eigenvalue weighted by molar-refractivity contribution is -0.122. The van der Waals surface area contributed by atoms with Gasteiger partial charge in [0.1, 0.15) is 4.32 Å². The Morgan fingerprint density at radius 3 is 2.59 bits per heavy atom. The molecule has 1 N–H and O–H groups in total. The minimum absolute atomic E-state index is 0.113. The summed E-state index contributed by atoms with van der Waals surface area (Å²) in [6, 6.07) is 10.0. The van der Waals surface area contributed by atoms with Crippen molar-refractivity contribution < 1.29 is 19.1 Å². The van der Waals surface area contributed by atoms with E-state index in [1.807, 2.05) is 13.8 Å². The zero-order valence-corrected chi connectivity index (χ0v) is 20.5. The van der Waals surface area contributed by atoms with Crippen molar-refractivity contribution in [3.8, 4) is 11.5 Å². The number of thioether (sulfide) groups is 1. The van der Waals surface area contributed by atoms with Gasteiger partial charge in [-0.1, -0.05) is 53.2 Å². The summed E-state index contributed by atoms with van der Waals surface area (Å²) in [5.41, 5.74) is 1.20. The number of benzene rings is 2. The maximum Gasteiger partial charge on any atom is 0.266 e. The monoisotopic (exact) mass is 510 g/mol. The predicted molar refractivity (Wildman–Crippen MR) is 134 cm³/mol. The number of nitrogens with one attached hydrogen (secondary N) is 1. The van der Waals surface area contributed by atoms with Crippen LogP contribution in [0, 0.1) is 0 Å². The fourth-order valence-corrected chi connectivity index (χ4v) is 4.69. The number of likely N-dealkylation sites (N-methyl/N-ethyl adjacent to an activating group) is 1. The molecule has 2 amide bonds. The van der Waals surface area contributed by atoms with Crippen LogP contribution in [0.5, 0.6) is 11.5 Å². The number of ether oxygens (including phenoxy) is 2. The number of carbonyl (C=O) groups is 2. The zero-order chi connectivity index (χ0) is 23.3. The molecule has 0 aromatic heterocycles. The fourth-order valence-electron chi connectivity index (χ4n) is 2.85. The lowest BCUT2D eigenvalue weighted by Crippen LogP contribution is -2.27. The highest BCUT2D eigenvalue weighted by atomic mass is 35.5. The van der Waals surface area contributed by atoms with Crippen molar-refractivity contribution >= 4 is 75.1 Å². The van der Waals surface area contributed by atoms with E-state index < -0.39 is 0 Å². The average Bonchev–Trinajstić information content (AvgIpc) is 3.02. The van der Waals surface area contributed by atoms with E-state index in [4.69, 9.17) is 44.9 Å². The van der Waals surface area contributed by atoms with Crippen molar-refractivity contribution in [1.29, 1.82) is 0 Å². The highest BCUT2D eigenvalue weighted by Crippen LogP contribution is 2.35. The van der Waals surface area contributed by atoms with Crippen LogP contribution < -0.4 is 14.8 Å². The third-order valence-corrected chi connectivity index (χ3v) is 6.24. The number of hydrogen-bond donors (Lipinski definition) is 1. The van der Waals surface area contributed by atoms with Gasteiger partial charge in [0, 0.05) is 11.6 Å². The molecule has 1 heterocycles. The summed E-state index contributed by atoms with van der Waals surface area (Å²) in [6.45, 7) is 4.42. The Bertz CT molecular complexity index is 1090. The summed E-state index contributed by atoms with van der Waals surface area (Å²) in [5, 5.41) is 3.48. The first-order valence-electron chi connectivity index (χ1n) is 9.72. The molecule has 0 saturated carbocycles. The Labute approximate surface area is 205 Å². The molecule has 0 spiro atoms. The number of anilines is 1. The molecule has 6 nitrogen and oxygen atoms in total. The van der Waals surface area contributed by atoms with Gasteiger partial charge in [-0.15, -0.1) is 0 Å². The molecule has 1 fully saturated rings. The third kappa shape index (κ3) is 5.95. The Balaban J connectivity index is 1.71. The zero-order valence-electron chi connectivity index (χ0n) is 17.3. The molecule has 168 valence electrons. The Morgan fingerprint density at radius 1 is 1.16 bits per heavy atom. The second-order valence-electron chi connectivity index (χ2n) is 6.53. The van der Waals surface area contributed by atoms with Crippen LogP contribution in [0.4, 0.5) is 5.69 Å². The van der Waals surface area contributed by atoms with Gasteiger partial charge in [0.2, 0.25) is 0 Å². The molecule has 32 heavy (non-hydrogen) atoms. The number of hydrogen-bond acceptors (Lipinski definition) is 6. The normalized spacial score (nSPS) is 14.8. The first-order chi connectivity index (χ1) is 15.3. The van der Waals surface area contributed by atoms with Crippen molar-refractivity contribution in [1.82, 2.24) is 4.90 Å². The fraction of sp³-hybridized carbons (Fsp3) is 0.227. The summed E-state index contributed by atoms with van der Waals surface area (Å²) >= 11 is 18.5. The summed E-state index contributed by atoms with van der Waals surface area (Å²) in [7, 11) is 0. The van der Waals surface area contributed by atoms with Gasteiger partial charge in [-0.05, 0) is 55.8 Å². The first kappa shape index (κ1) is 24.4. The quantitative estimate of drug-likeness (QED) is 0.366. The standard InChI is InChI=1S/C22H20Cl2N2O4S2/c1-3-26-21(28)19(32-22(26)31)10-13-5-8-17(18(9-13)29-4-2)30-12-20(27)25-16-7-6-14(23)11-15(16)24/h5-11H,3-4,12H2,1-2H3,(H,25,27)/b19-10-. The van der Waals surface area contributed by atoms with Crippen LogP contribution >= 0.6 is 47.2 Å². The maximum atomic E-state index is 12.4. The first-order valence-corrected chi connectivity index (χ1v) is 11.7. The van der Waals surface area contributed by atoms with Crippen LogP contribution in [-0.2, 0) is 9.59 Å². The summed E-state index contributed by atoms with van der Waals surface area (Å²) in [5.74, 6) is 0.370. The summed E-state index contributed by atoms with van der Waals surface area (Å²) < 4.78 is 11.9. The van der Waals surface area contributed by atoms with E-state index in [1.165, 1.54) is 11.8 Å². The van der Waals surface area contributed by atoms with Crippen LogP contribution in [0.25, 0.3) is 6.08 Å². The van der Waals surface area contributed by atoms with E-state index in [-0.39, 0.29) is 18.4 Å². The van der Waals surface area contributed by atoms with E-state index in [0.717, 1.165) is 5.56 Å². The van der Waals surface area contributed by atoms with Gasteiger partial charge in [0.05, 0.1) is 22.2 Å². The molecule has 2 aromatic rings. The van der Waals surface area contributed by atoms with E-state index in [1.54, 1.807) is 47.4 Å². The highest BCUT2D eigenvalue weighted by Gasteiger charge is 2.30. The number of halogens is 2. The SMILES string of the molecule is CCOc1cc(/C=C2\SC(=S)N(CC)C2=O)ccc1OCC(=O)Nc1ccc(Cl)cc1Cl. The van der Waals surface area contributed by atoms with Crippen molar-refractivity contribution in [2.24, 2.45) is 0 Å². The van der Waals surface area contributed by atoms with E-state index >= 15 is 0 Å². The molecule has 3 rings (SSSR count). The van der Waals surface area contributed by atoms with Gasteiger partial charge < -0.3 is 14.8 Å². The smallest absolute Gasteiger partial charge is 0.266 e. The van der Waals surface area contributed by atoms with Gasteiger partial charge in [-0.2, -0.15) is 0 Å². The largest absolute Gasteiger partial charge is 0.490 e. The second-order valence-corrected chi connectivity index (χ2v) is 9.05. The molecular weight excluding hydrogens is 491 g/mol. The Morgan fingerprint density at radius 2 is 1.94 bits per heavy atom. The molecule has 1 aliphatic heterocycles. The number of amides is 2. The number of thiocarbonyl (C=S) groups is 1. The number of carbonyl (C=O) groups excluding carboxylic acids is 2. The molecule has 0 aliphatic carbocycles. The van der Waals surface area contributed by atoms with E-state index in [0.29, 0.717) is 49.6 Å². The van der Waals surface area contributed by atoms with Gasteiger partial charge in [0.15, 0.2) is 18.1 Å². The lowest BCUT2D eigenvalue weighted by atomic mass is 10.2. The average molecular weight is 511 g/mol. The molecule has 0 bridgehead atoms. The molecule has 10 heteroatoms. The topological polar surface area (TPSA) is 67.9 Å². The summed E-state index contributed by atoms with van der Waals surface area (Å²) in [6.07, 6.45) is 1.76. The highest BCUT2D eigenvalue weighted by molar-refractivity contribution is 8.26. The minimum atomic E-state index is -0.385. The third-order valence-electron chi connectivity index (χ3n) is 4.32. The van der Waals surface area contributed by atoms with E-state index in [9.17, 15) is 9.59 Å². The van der Waals surface area contributed by atoms with Gasteiger partial charge >= 0.3 is 0 Å². The van der Waals surface area contributed by atoms with Crippen LogP contribution in [-0.4, -0.2) is 40.8 Å². The van der Waals surface area contributed by atoms with E-state index in [2.05, 4.69) is 5.32 Å². The van der Waals surface area contributed by atoms with Crippen LogP contribution in [0.1, 0.15) is 19.4 Å².